The molecule has 0 saturated heterocycles. The molecule has 3 heteroatoms. The zero-order chi connectivity index (χ0) is 9.26. The first-order chi connectivity index (χ1) is 6.31. The van der Waals surface area contributed by atoms with Crippen molar-refractivity contribution >= 4 is 22.0 Å². The third-order valence-corrected chi connectivity index (χ3v) is 2.56. The van der Waals surface area contributed by atoms with E-state index in [0.717, 1.165) is 15.8 Å². The molecule has 0 saturated carbocycles. The van der Waals surface area contributed by atoms with Crippen LogP contribution in [-0.2, 0) is 0 Å². The normalized spacial score (nSPS) is 19.4. The molecule has 1 atom stereocenters. The summed E-state index contributed by atoms with van der Waals surface area (Å²) in [4.78, 5) is 0. The summed E-state index contributed by atoms with van der Waals surface area (Å²) in [5, 5.41) is 8.92. The highest BCUT2D eigenvalue weighted by Gasteiger charge is 2.15. The minimum atomic E-state index is -0.216. The Labute approximate surface area is 85.0 Å². The number of benzene rings is 1. The van der Waals surface area contributed by atoms with Gasteiger partial charge in [-0.1, -0.05) is 18.2 Å². The van der Waals surface area contributed by atoms with Gasteiger partial charge in [0.25, 0.3) is 0 Å². The molecule has 68 valence electrons. The molecule has 0 aromatic heterocycles. The Morgan fingerprint density at radius 2 is 2.31 bits per heavy atom. The Hall–Kier alpha value is -0.800. The summed E-state index contributed by atoms with van der Waals surface area (Å²) in [6.45, 7) is 0.0112. The first-order valence-electron chi connectivity index (χ1n) is 4.05. The van der Waals surface area contributed by atoms with Gasteiger partial charge >= 0.3 is 0 Å². The van der Waals surface area contributed by atoms with Gasteiger partial charge in [-0.25, -0.2) is 0 Å². The quantitative estimate of drug-likeness (QED) is 0.816. The maximum atomic E-state index is 8.92. The van der Waals surface area contributed by atoms with E-state index in [9.17, 15) is 0 Å². The summed E-state index contributed by atoms with van der Waals surface area (Å²) in [5.41, 5.74) is 1.04. The standard InChI is InChI=1S/C10H9BrO2/c11-9-3-1-2-7-4-5-8(6-12)13-10(7)9/h1-5,8,12H,6H2/t8-/m0/s1. The first-order valence-corrected chi connectivity index (χ1v) is 4.85. The molecule has 0 aliphatic carbocycles. The maximum absolute atomic E-state index is 8.92. The molecule has 0 radical (unpaired) electrons. The summed E-state index contributed by atoms with van der Waals surface area (Å²) >= 11 is 3.40. The number of hydrogen-bond donors (Lipinski definition) is 1. The number of para-hydroxylation sites is 1. The minimum Gasteiger partial charge on any atom is -0.482 e. The summed E-state index contributed by atoms with van der Waals surface area (Å²) in [7, 11) is 0. The molecule has 13 heavy (non-hydrogen) atoms. The van der Waals surface area contributed by atoms with Gasteiger partial charge in [-0.15, -0.1) is 0 Å². The number of halogens is 1. The van der Waals surface area contributed by atoms with Crippen LogP contribution >= 0.6 is 15.9 Å². The molecule has 0 amide bonds. The molecule has 0 unspecified atom stereocenters. The largest absolute Gasteiger partial charge is 0.482 e. The molecule has 1 aromatic carbocycles. The van der Waals surface area contributed by atoms with Crippen LogP contribution in [0.1, 0.15) is 5.56 Å². The van der Waals surface area contributed by atoms with E-state index < -0.39 is 0 Å². The maximum Gasteiger partial charge on any atom is 0.141 e. The molecule has 1 aliphatic rings. The number of aliphatic hydroxyl groups excluding tert-OH is 1. The Morgan fingerprint density at radius 3 is 3.08 bits per heavy atom. The summed E-state index contributed by atoms with van der Waals surface area (Å²) in [6.07, 6.45) is 3.60. The van der Waals surface area contributed by atoms with Crippen LogP contribution in [0.2, 0.25) is 0 Å². The third kappa shape index (κ3) is 1.62. The van der Waals surface area contributed by atoms with Crippen LogP contribution in [-0.4, -0.2) is 17.8 Å². The molecule has 1 aliphatic heterocycles. The first kappa shape index (κ1) is 8.78. The SMILES string of the molecule is OC[C@@H]1C=Cc2cccc(Br)c2O1. The molecular formula is C10H9BrO2. The minimum absolute atomic E-state index is 0.0112. The molecule has 1 N–H and O–H groups in total. The highest BCUT2D eigenvalue weighted by molar-refractivity contribution is 9.10. The van der Waals surface area contributed by atoms with E-state index in [2.05, 4.69) is 15.9 Å². The summed E-state index contributed by atoms with van der Waals surface area (Å²) in [6, 6.07) is 5.85. The average molecular weight is 241 g/mol. The Balaban J connectivity index is 2.41. The number of ether oxygens (including phenoxy) is 1. The van der Waals surface area contributed by atoms with Gasteiger partial charge in [-0.05, 0) is 28.1 Å². The summed E-state index contributed by atoms with van der Waals surface area (Å²) in [5.74, 6) is 0.809. The smallest absolute Gasteiger partial charge is 0.141 e. The van der Waals surface area contributed by atoms with Crippen LogP contribution in [0.4, 0.5) is 0 Å². The van der Waals surface area contributed by atoms with Gasteiger partial charge in [0.2, 0.25) is 0 Å². The lowest BCUT2D eigenvalue weighted by atomic mass is 10.1. The van der Waals surface area contributed by atoms with Crippen LogP contribution < -0.4 is 4.74 Å². The second-order valence-electron chi connectivity index (χ2n) is 2.86. The van der Waals surface area contributed by atoms with Crippen molar-refractivity contribution in [3.8, 4) is 5.75 Å². The topological polar surface area (TPSA) is 29.5 Å². The highest BCUT2D eigenvalue weighted by Crippen LogP contribution is 2.33. The zero-order valence-corrected chi connectivity index (χ0v) is 8.49. The van der Waals surface area contributed by atoms with Gasteiger partial charge < -0.3 is 9.84 Å². The van der Waals surface area contributed by atoms with Crippen molar-refractivity contribution in [1.82, 2.24) is 0 Å². The molecule has 1 heterocycles. The van der Waals surface area contributed by atoms with E-state index in [-0.39, 0.29) is 12.7 Å². The van der Waals surface area contributed by atoms with E-state index in [0.29, 0.717) is 0 Å². The van der Waals surface area contributed by atoms with Gasteiger partial charge in [-0.2, -0.15) is 0 Å². The van der Waals surface area contributed by atoms with Gasteiger partial charge in [0, 0.05) is 5.56 Å². The molecule has 0 fully saturated rings. The van der Waals surface area contributed by atoms with E-state index in [1.807, 2.05) is 30.4 Å². The molecule has 2 rings (SSSR count). The van der Waals surface area contributed by atoms with Crippen molar-refractivity contribution in [2.75, 3.05) is 6.61 Å². The van der Waals surface area contributed by atoms with Gasteiger partial charge in [0.1, 0.15) is 11.9 Å². The second kappa shape index (κ2) is 3.52. The number of aliphatic hydroxyl groups is 1. The van der Waals surface area contributed by atoms with Crippen LogP contribution in [0.25, 0.3) is 6.08 Å². The van der Waals surface area contributed by atoms with Crippen molar-refractivity contribution in [2.24, 2.45) is 0 Å². The predicted molar refractivity (Wildman–Crippen MR) is 54.7 cm³/mol. The van der Waals surface area contributed by atoms with Gasteiger partial charge in [0.15, 0.2) is 0 Å². The lowest BCUT2D eigenvalue weighted by molar-refractivity contribution is 0.147. The van der Waals surface area contributed by atoms with Crippen LogP contribution in [0.3, 0.4) is 0 Å². The van der Waals surface area contributed by atoms with Gasteiger partial charge in [0.05, 0.1) is 11.1 Å². The van der Waals surface area contributed by atoms with E-state index in [1.54, 1.807) is 0 Å². The Kier molecular flexibility index (Phi) is 2.38. The number of rotatable bonds is 1. The Bertz CT molecular complexity index is 347. The van der Waals surface area contributed by atoms with Crippen molar-refractivity contribution in [2.45, 2.75) is 6.10 Å². The fourth-order valence-electron chi connectivity index (χ4n) is 1.28. The van der Waals surface area contributed by atoms with E-state index >= 15 is 0 Å². The van der Waals surface area contributed by atoms with Crippen LogP contribution in [0.5, 0.6) is 5.75 Å². The molecule has 0 spiro atoms. The van der Waals surface area contributed by atoms with Gasteiger partial charge in [-0.3, -0.25) is 0 Å². The van der Waals surface area contributed by atoms with Crippen molar-refractivity contribution in [3.63, 3.8) is 0 Å². The van der Waals surface area contributed by atoms with Crippen molar-refractivity contribution < 1.29 is 9.84 Å². The fraction of sp³-hybridized carbons (Fsp3) is 0.200. The number of hydrogen-bond acceptors (Lipinski definition) is 2. The molecule has 2 nitrogen and oxygen atoms in total. The zero-order valence-electron chi connectivity index (χ0n) is 6.90. The lowest BCUT2D eigenvalue weighted by Crippen LogP contribution is -2.20. The third-order valence-electron chi connectivity index (χ3n) is 1.94. The number of fused-ring (bicyclic) bond motifs is 1. The van der Waals surface area contributed by atoms with Crippen molar-refractivity contribution in [1.29, 1.82) is 0 Å². The fourth-order valence-corrected chi connectivity index (χ4v) is 1.76. The second-order valence-corrected chi connectivity index (χ2v) is 3.71. The highest BCUT2D eigenvalue weighted by atomic mass is 79.9. The summed E-state index contributed by atoms with van der Waals surface area (Å²) < 4.78 is 6.45. The molecule has 1 aromatic rings. The van der Waals surface area contributed by atoms with Crippen LogP contribution in [0, 0.1) is 0 Å². The monoisotopic (exact) mass is 240 g/mol. The predicted octanol–water partition coefficient (Wildman–Crippen LogP) is 2.22. The molecule has 0 bridgehead atoms. The Morgan fingerprint density at radius 1 is 1.46 bits per heavy atom. The average Bonchev–Trinajstić information content (AvgIpc) is 2.18. The van der Waals surface area contributed by atoms with E-state index in [1.165, 1.54) is 0 Å². The van der Waals surface area contributed by atoms with Crippen molar-refractivity contribution in [3.05, 3.63) is 34.3 Å². The lowest BCUT2D eigenvalue weighted by Gasteiger charge is -2.20. The molecular weight excluding hydrogens is 232 g/mol. The van der Waals surface area contributed by atoms with Crippen LogP contribution in [0.15, 0.2) is 28.7 Å². The van der Waals surface area contributed by atoms with E-state index in [4.69, 9.17) is 9.84 Å².